The van der Waals surface area contributed by atoms with Crippen LogP contribution in [0.5, 0.6) is 11.5 Å². The summed E-state index contributed by atoms with van der Waals surface area (Å²) >= 11 is 0. The zero-order chi connectivity index (χ0) is 13.4. The Balaban J connectivity index is 1.96. The van der Waals surface area contributed by atoms with E-state index in [0.717, 1.165) is 28.0 Å². The smallest absolute Gasteiger partial charge is 0.147 e. The van der Waals surface area contributed by atoms with E-state index in [-0.39, 0.29) is 0 Å². The second-order valence-electron chi connectivity index (χ2n) is 4.51. The lowest BCUT2D eigenvalue weighted by Gasteiger charge is -2.08. The molecule has 0 aliphatic rings. The van der Waals surface area contributed by atoms with Crippen molar-refractivity contribution < 1.29 is 4.74 Å². The second kappa shape index (κ2) is 4.28. The lowest BCUT2D eigenvalue weighted by molar-refractivity contribution is 0.477. The van der Waals surface area contributed by atoms with Gasteiger partial charge in [-0.25, -0.2) is 4.98 Å². The van der Waals surface area contributed by atoms with Gasteiger partial charge >= 0.3 is 0 Å². The number of nitrogen functional groups attached to an aromatic ring is 1. The molecule has 0 saturated carbocycles. The number of fused-ring (bicyclic) bond motifs is 1. The maximum atomic E-state index is 5.81. The maximum Gasteiger partial charge on any atom is 0.147 e. The van der Waals surface area contributed by atoms with E-state index in [0.29, 0.717) is 5.75 Å². The largest absolute Gasteiger partial charge is 0.455 e. The lowest BCUT2D eigenvalue weighted by atomic mass is 10.2. The van der Waals surface area contributed by atoms with Gasteiger partial charge in [0.1, 0.15) is 22.5 Å². The predicted molar refractivity (Wildman–Crippen MR) is 74.2 cm³/mol. The quantitative estimate of drug-likeness (QED) is 0.714. The molecule has 0 aliphatic heterocycles. The predicted octanol–water partition coefficient (Wildman–Crippen LogP) is 2.65. The molecule has 0 spiro atoms. The summed E-state index contributed by atoms with van der Waals surface area (Å²) in [6.07, 6.45) is 3.56. The van der Waals surface area contributed by atoms with E-state index in [1.807, 2.05) is 44.4 Å². The minimum atomic E-state index is 0.666. The fraction of sp³-hybridized carbons (Fsp3) is 0.143. The molecular weight excluding hydrogens is 240 g/mol. The minimum absolute atomic E-state index is 0.666. The highest BCUT2D eigenvalue weighted by molar-refractivity contribution is 5.74. The van der Waals surface area contributed by atoms with Crippen molar-refractivity contribution in [1.29, 1.82) is 0 Å². The van der Waals surface area contributed by atoms with Crippen LogP contribution in [0, 0.1) is 6.92 Å². The molecule has 19 heavy (non-hydrogen) atoms. The highest BCUT2D eigenvalue weighted by atomic mass is 16.5. The van der Waals surface area contributed by atoms with Crippen LogP contribution >= 0.6 is 0 Å². The highest BCUT2D eigenvalue weighted by Crippen LogP contribution is 2.27. The number of pyridine rings is 1. The fourth-order valence-corrected chi connectivity index (χ4v) is 1.97. The van der Waals surface area contributed by atoms with Crippen LogP contribution in [-0.4, -0.2) is 14.8 Å². The number of hydrogen-bond acceptors (Lipinski definition) is 4. The molecule has 2 aromatic heterocycles. The summed E-state index contributed by atoms with van der Waals surface area (Å²) in [5.74, 6) is 1.44. The van der Waals surface area contributed by atoms with E-state index in [9.17, 15) is 0 Å². The van der Waals surface area contributed by atoms with Crippen LogP contribution < -0.4 is 10.5 Å². The van der Waals surface area contributed by atoms with Crippen LogP contribution in [0.1, 0.15) is 5.56 Å². The molecule has 3 aromatic rings. The van der Waals surface area contributed by atoms with Gasteiger partial charge in [-0.15, -0.1) is 0 Å². The summed E-state index contributed by atoms with van der Waals surface area (Å²) in [5, 5.41) is 4.31. The number of rotatable bonds is 2. The Hall–Kier alpha value is -2.56. The van der Waals surface area contributed by atoms with E-state index in [2.05, 4.69) is 10.1 Å². The van der Waals surface area contributed by atoms with Crippen LogP contribution in [0.2, 0.25) is 0 Å². The first-order valence-electron chi connectivity index (χ1n) is 5.95. The Morgan fingerprint density at radius 1 is 1.21 bits per heavy atom. The van der Waals surface area contributed by atoms with Gasteiger partial charge in [-0.3, -0.25) is 4.68 Å². The summed E-state index contributed by atoms with van der Waals surface area (Å²) in [4.78, 5) is 4.31. The SMILES string of the molecule is Cc1cc(N)ccc1Oc1cnc2cn(C)nc2c1. The van der Waals surface area contributed by atoms with Crippen LogP contribution in [0.3, 0.4) is 0 Å². The first kappa shape index (κ1) is 11.5. The standard InChI is InChI=1S/C14H14N4O/c1-9-5-10(15)3-4-14(9)19-11-6-12-13(16-7-11)8-18(2)17-12/h3-8H,15H2,1-2H3. The van der Waals surface area contributed by atoms with E-state index in [1.54, 1.807) is 10.9 Å². The molecule has 0 radical (unpaired) electrons. The van der Waals surface area contributed by atoms with Crippen molar-refractivity contribution in [3.63, 3.8) is 0 Å². The van der Waals surface area contributed by atoms with Crippen LogP contribution in [0.15, 0.2) is 36.7 Å². The van der Waals surface area contributed by atoms with Crippen LogP contribution in [0.25, 0.3) is 11.0 Å². The summed E-state index contributed by atoms with van der Waals surface area (Å²) in [5.41, 5.74) is 9.09. The average molecular weight is 254 g/mol. The first-order chi connectivity index (χ1) is 9.11. The Kier molecular flexibility index (Phi) is 2.59. The molecule has 0 amide bonds. The number of aryl methyl sites for hydroxylation is 2. The highest BCUT2D eigenvalue weighted by Gasteiger charge is 2.05. The topological polar surface area (TPSA) is 66.0 Å². The summed E-state index contributed by atoms with van der Waals surface area (Å²) in [7, 11) is 1.87. The van der Waals surface area contributed by atoms with Crippen molar-refractivity contribution in [2.45, 2.75) is 6.92 Å². The van der Waals surface area contributed by atoms with Gasteiger partial charge in [0.05, 0.1) is 12.4 Å². The van der Waals surface area contributed by atoms with Gasteiger partial charge in [-0.05, 0) is 30.7 Å². The number of nitrogens with two attached hydrogens (primary N) is 1. The van der Waals surface area contributed by atoms with E-state index in [1.165, 1.54) is 0 Å². The molecule has 2 N–H and O–H groups in total. The number of nitrogens with zero attached hydrogens (tertiary/aromatic N) is 3. The molecule has 1 aromatic carbocycles. The van der Waals surface area contributed by atoms with Gasteiger partial charge in [0.15, 0.2) is 0 Å². The number of anilines is 1. The van der Waals surface area contributed by atoms with Crippen LogP contribution in [-0.2, 0) is 7.05 Å². The third kappa shape index (κ3) is 2.22. The molecule has 3 rings (SSSR count). The summed E-state index contributed by atoms with van der Waals surface area (Å²) in [6, 6.07) is 7.42. The molecule has 5 nitrogen and oxygen atoms in total. The van der Waals surface area contributed by atoms with Gasteiger partial charge < -0.3 is 10.5 Å². The molecule has 0 atom stereocenters. The van der Waals surface area contributed by atoms with Crippen molar-refractivity contribution in [1.82, 2.24) is 14.8 Å². The van der Waals surface area contributed by atoms with E-state index in [4.69, 9.17) is 10.5 Å². The van der Waals surface area contributed by atoms with Gasteiger partial charge in [0, 0.05) is 18.8 Å². The van der Waals surface area contributed by atoms with E-state index >= 15 is 0 Å². The van der Waals surface area contributed by atoms with Crippen LogP contribution in [0.4, 0.5) is 5.69 Å². The Morgan fingerprint density at radius 2 is 2.05 bits per heavy atom. The summed E-state index contributed by atoms with van der Waals surface area (Å²) in [6.45, 7) is 1.96. The van der Waals surface area contributed by atoms with Crippen molar-refractivity contribution >= 4 is 16.7 Å². The number of aromatic nitrogens is 3. The Bertz CT molecular complexity index is 748. The molecule has 0 fully saturated rings. The number of hydrogen-bond donors (Lipinski definition) is 1. The molecular formula is C14H14N4O. The van der Waals surface area contributed by atoms with Crippen molar-refractivity contribution in [2.75, 3.05) is 5.73 Å². The molecule has 96 valence electrons. The number of benzene rings is 1. The minimum Gasteiger partial charge on any atom is -0.455 e. The zero-order valence-electron chi connectivity index (χ0n) is 10.8. The van der Waals surface area contributed by atoms with Crippen molar-refractivity contribution in [3.8, 4) is 11.5 Å². The van der Waals surface area contributed by atoms with Gasteiger partial charge in [-0.1, -0.05) is 0 Å². The van der Waals surface area contributed by atoms with Crippen molar-refractivity contribution in [3.05, 3.63) is 42.2 Å². The van der Waals surface area contributed by atoms with Crippen molar-refractivity contribution in [2.24, 2.45) is 7.05 Å². The molecule has 2 heterocycles. The summed E-state index contributed by atoms with van der Waals surface area (Å²) < 4.78 is 7.55. The van der Waals surface area contributed by atoms with Gasteiger partial charge in [0.2, 0.25) is 0 Å². The molecule has 0 unspecified atom stereocenters. The Morgan fingerprint density at radius 3 is 2.84 bits per heavy atom. The molecule has 0 bridgehead atoms. The normalized spacial score (nSPS) is 10.8. The van der Waals surface area contributed by atoms with Gasteiger partial charge in [0.25, 0.3) is 0 Å². The average Bonchev–Trinajstić information content (AvgIpc) is 2.72. The molecule has 5 heteroatoms. The molecule has 0 saturated heterocycles. The zero-order valence-corrected chi connectivity index (χ0v) is 10.8. The first-order valence-corrected chi connectivity index (χ1v) is 5.95. The third-order valence-corrected chi connectivity index (χ3v) is 2.87. The monoisotopic (exact) mass is 254 g/mol. The number of ether oxygens (including phenoxy) is 1. The third-order valence-electron chi connectivity index (χ3n) is 2.87. The molecule has 0 aliphatic carbocycles. The van der Waals surface area contributed by atoms with Gasteiger partial charge in [-0.2, -0.15) is 5.10 Å². The second-order valence-corrected chi connectivity index (χ2v) is 4.51. The lowest BCUT2D eigenvalue weighted by Crippen LogP contribution is -1.91. The maximum absolute atomic E-state index is 5.81. The fourth-order valence-electron chi connectivity index (χ4n) is 1.97. The Labute approximate surface area is 110 Å². The van der Waals surface area contributed by atoms with E-state index < -0.39 is 0 Å².